The number of carbonyl (C=O) groups is 1. The molecule has 0 aliphatic heterocycles. The van der Waals surface area contributed by atoms with E-state index in [0.29, 0.717) is 23.0 Å². The van der Waals surface area contributed by atoms with E-state index in [-0.39, 0.29) is 18.3 Å². The van der Waals surface area contributed by atoms with Gasteiger partial charge in [-0.15, -0.1) is 0 Å². The van der Waals surface area contributed by atoms with Crippen LogP contribution in [-0.2, 0) is 0 Å². The number of nitrogens with zero attached hydrogens (tertiary/aromatic N) is 4. The van der Waals surface area contributed by atoms with Crippen LogP contribution in [0.4, 0.5) is 5.82 Å². The third kappa shape index (κ3) is 6.14. The third-order valence-corrected chi connectivity index (χ3v) is 5.58. The predicted molar refractivity (Wildman–Crippen MR) is 137 cm³/mol. The van der Waals surface area contributed by atoms with Gasteiger partial charge in [-0.2, -0.15) is 5.10 Å². The molecule has 1 heterocycles. The first-order valence-electron chi connectivity index (χ1n) is 11.2. The van der Waals surface area contributed by atoms with Gasteiger partial charge >= 0.3 is 0 Å². The highest BCUT2D eigenvalue weighted by atomic mass is 16.5. The van der Waals surface area contributed by atoms with Gasteiger partial charge in [-0.1, -0.05) is 6.07 Å². The number of nitrogens with two attached hydrogens (primary N) is 3. The van der Waals surface area contributed by atoms with Crippen molar-refractivity contribution in [3.05, 3.63) is 58.9 Å². The number of amidine groups is 1. The number of carbonyl (C=O) groups excluding carboxylic acids is 1. The van der Waals surface area contributed by atoms with Crippen molar-refractivity contribution < 1.29 is 14.6 Å². The molecule has 2 aromatic rings. The summed E-state index contributed by atoms with van der Waals surface area (Å²) in [7, 11) is 1.50. The molecular weight excluding hydrogens is 448 g/mol. The number of amides is 1. The van der Waals surface area contributed by atoms with Gasteiger partial charge in [-0.3, -0.25) is 14.8 Å². The number of rotatable bonds is 9. The van der Waals surface area contributed by atoms with Crippen molar-refractivity contribution in [3.8, 4) is 5.75 Å². The van der Waals surface area contributed by atoms with E-state index >= 15 is 0 Å². The van der Waals surface area contributed by atoms with Gasteiger partial charge in [0.2, 0.25) is 0 Å². The lowest BCUT2D eigenvalue weighted by Crippen LogP contribution is -2.47. The van der Waals surface area contributed by atoms with Crippen LogP contribution in [0.2, 0.25) is 0 Å². The minimum atomic E-state index is -0.444. The number of hydrogen-bond donors (Lipinski definition) is 5. The average molecular weight is 481 g/mol. The highest BCUT2D eigenvalue weighted by Gasteiger charge is 2.21. The fraction of sp³-hybridized carbons (Fsp3) is 0.333. The Kier molecular flexibility index (Phi) is 8.39. The number of hydrazine groups is 1. The number of ether oxygens (including phenoxy) is 1. The molecule has 1 aliphatic carbocycles. The highest BCUT2D eigenvalue weighted by Crippen LogP contribution is 2.29. The number of aliphatic imine (C=N–C) groups is 1. The molecule has 8 N–H and O–H groups in total. The summed E-state index contributed by atoms with van der Waals surface area (Å²) in [6.07, 6.45) is 5.38. The van der Waals surface area contributed by atoms with Crippen molar-refractivity contribution in [3.63, 3.8) is 0 Å². The molecule has 0 saturated heterocycles. The fourth-order valence-corrected chi connectivity index (χ4v) is 3.32. The van der Waals surface area contributed by atoms with Crippen LogP contribution in [0.3, 0.4) is 0 Å². The monoisotopic (exact) mass is 480 g/mol. The van der Waals surface area contributed by atoms with Gasteiger partial charge in [-0.25, -0.2) is 10.8 Å². The van der Waals surface area contributed by atoms with Crippen LogP contribution in [-0.4, -0.2) is 58.9 Å². The molecule has 1 aromatic heterocycles. The molecule has 1 fully saturated rings. The minimum Gasteiger partial charge on any atom is -0.496 e. The summed E-state index contributed by atoms with van der Waals surface area (Å²) < 4.78 is 5.46. The molecule has 3 rings (SSSR count). The minimum absolute atomic E-state index is 0.158. The van der Waals surface area contributed by atoms with Crippen molar-refractivity contribution in [1.29, 1.82) is 0 Å². The maximum Gasteiger partial charge on any atom is 0.260 e. The number of allylic oxidation sites excluding steroid dienone is 1. The molecule has 0 spiro atoms. The van der Waals surface area contributed by atoms with E-state index in [9.17, 15) is 9.90 Å². The molecule has 35 heavy (non-hydrogen) atoms. The highest BCUT2D eigenvalue weighted by molar-refractivity contribution is 6.12. The zero-order chi connectivity index (χ0) is 25.5. The summed E-state index contributed by atoms with van der Waals surface area (Å²) in [6.45, 7) is 3.42. The van der Waals surface area contributed by atoms with Crippen LogP contribution in [0.1, 0.15) is 46.9 Å². The Morgan fingerprint density at radius 1 is 1.37 bits per heavy atom. The number of methoxy groups -OCH3 is 1. The lowest BCUT2D eigenvalue weighted by Gasteiger charge is -2.25. The second kappa shape index (κ2) is 11.4. The van der Waals surface area contributed by atoms with E-state index in [0.717, 1.165) is 29.5 Å². The number of hydrogen-bond acceptors (Lipinski definition) is 9. The third-order valence-electron chi connectivity index (χ3n) is 5.58. The van der Waals surface area contributed by atoms with Crippen molar-refractivity contribution in [2.24, 2.45) is 27.5 Å². The van der Waals surface area contributed by atoms with Crippen LogP contribution < -0.4 is 27.5 Å². The molecule has 1 atom stereocenters. The Morgan fingerprint density at radius 2 is 2.11 bits per heavy atom. The van der Waals surface area contributed by atoms with Crippen molar-refractivity contribution >= 4 is 29.3 Å². The first-order valence-corrected chi connectivity index (χ1v) is 11.2. The van der Waals surface area contributed by atoms with E-state index in [4.69, 9.17) is 22.2 Å². The molecule has 1 aliphatic rings. The quantitative estimate of drug-likeness (QED) is 0.154. The zero-order valence-electron chi connectivity index (χ0n) is 20.1. The maximum absolute atomic E-state index is 13.2. The molecule has 0 radical (unpaired) electrons. The number of pyridine rings is 1. The van der Waals surface area contributed by atoms with E-state index in [1.54, 1.807) is 43.5 Å². The summed E-state index contributed by atoms with van der Waals surface area (Å²) in [5.74, 6) is 11.9. The fourth-order valence-electron chi connectivity index (χ4n) is 3.32. The summed E-state index contributed by atoms with van der Waals surface area (Å²) in [5, 5.41) is 17.1. The molecule has 0 bridgehead atoms. The first-order chi connectivity index (χ1) is 16.8. The molecule has 11 nitrogen and oxygen atoms in total. The van der Waals surface area contributed by atoms with Gasteiger partial charge in [0.15, 0.2) is 5.84 Å². The van der Waals surface area contributed by atoms with Crippen LogP contribution in [0.25, 0.3) is 5.57 Å². The van der Waals surface area contributed by atoms with Crippen LogP contribution in [0, 0.1) is 6.92 Å². The molecular formula is C24H32N8O3. The van der Waals surface area contributed by atoms with E-state index < -0.39 is 11.9 Å². The predicted octanol–water partition coefficient (Wildman–Crippen LogP) is 1.36. The summed E-state index contributed by atoms with van der Waals surface area (Å²) >= 11 is 0. The van der Waals surface area contributed by atoms with Gasteiger partial charge < -0.3 is 26.7 Å². The topological polar surface area (TPSA) is 177 Å². The van der Waals surface area contributed by atoms with Gasteiger partial charge in [0, 0.05) is 18.0 Å². The van der Waals surface area contributed by atoms with Crippen LogP contribution in [0.15, 0.2) is 46.6 Å². The molecule has 1 aromatic carbocycles. The number of hydrazone groups is 1. The van der Waals surface area contributed by atoms with Crippen molar-refractivity contribution in [2.45, 2.75) is 38.8 Å². The summed E-state index contributed by atoms with van der Waals surface area (Å²) in [4.78, 5) is 22.2. The smallest absolute Gasteiger partial charge is 0.260 e. The Balaban J connectivity index is 1.90. The Hall–Kier alpha value is -3.96. The number of anilines is 1. The standard InChI is InChI=1S/C24H32N8O3/c1-14-9-21(35-3)19(10-18(14)16(11-25)12-28-17-7-8-17)24(34)30-22-6-4-5-20(29-22)23(31-26)32(27)15(2)13-33/h4-6,9-12,15,17,33H,7-8,13,25-27H2,1-3H3,(H,29,30,34)/b16-11+,28-12?,31-23-. The largest absolute Gasteiger partial charge is 0.496 e. The molecule has 11 heteroatoms. The van der Waals surface area contributed by atoms with E-state index in [1.807, 2.05) is 6.92 Å². The lowest BCUT2D eigenvalue weighted by atomic mass is 9.97. The Morgan fingerprint density at radius 3 is 2.71 bits per heavy atom. The maximum atomic E-state index is 13.2. The van der Waals surface area contributed by atoms with Gasteiger partial charge in [-0.05, 0) is 62.1 Å². The Bertz CT molecular complexity index is 1160. The van der Waals surface area contributed by atoms with Gasteiger partial charge in [0.25, 0.3) is 5.91 Å². The number of nitrogens with one attached hydrogen (secondary N) is 1. The average Bonchev–Trinajstić information content (AvgIpc) is 3.69. The normalized spacial score (nSPS) is 15.2. The Labute approximate surface area is 204 Å². The molecule has 1 amide bonds. The number of benzene rings is 1. The van der Waals surface area contributed by atoms with Crippen molar-refractivity contribution in [2.75, 3.05) is 19.0 Å². The zero-order valence-corrected chi connectivity index (χ0v) is 20.1. The first kappa shape index (κ1) is 25.7. The second-order valence-electron chi connectivity index (χ2n) is 8.25. The van der Waals surface area contributed by atoms with E-state index in [1.165, 1.54) is 18.3 Å². The SMILES string of the molecule is COc1cc(C)c(/C(C=NC2CC2)=C/N)cc1C(=O)Nc1cccc(/C(=N/N)N(N)C(C)CO)n1. The molecule has 1 saturated carbocycles. The number of aryl methyl sites for hydroxylation is 1. The van der Waals surface area contributed by atoms with Crippen molar-refractivity contribution in [1.82, 2.24) is 9.99 Å². The molecule has 186 valence electrons. The lowest BCUT2D eigenvalue weighted by molar-refractivity contribution is 0.102. The van der Waals surface area contributed by atoms with Crippen LogP contribution >= 0.6 is 0 Å². The number of aliphatic hydroxyl groups excluding tert-OH is 1. The van der Waals surface area contributed by atoms with Gasteiger partial charge in [0.05, 0.1) is 31.4 Å². The number of aromatic nitrogens is 1. The summed E-state index contributed by atoms with van der Waals surface area (Å²) in [6, 6.07) is 8.36. The van der Waals surface area contributed by atoms with Gasteiger partial charge in [0.1, 0.15) is 17.3 Å². The molecule has 1 unspecified atom stereocenters. The number of aliphatic hydroxyl groups is 1. The van der Waals surface area contributed by atoms with E-state index in [2.05, 4.69) is 20.4 Å². The summed E-state index contributed by atoms with van der Waals surface area (Å²) in [5.41, 5.74) is 8.89. The van der Waals surface area contributed by atoms with Crippen LogP contribution in [0.5, 0.6) is 5.75 Å². The second-order valence-corrected chi connectivity index (χ2v) is 8.25.